The lowest BCUT2D eigenvalue weighted by molar-refractivity contribution is 0.506. The van der Waals surface area contributed by atoms with Gasteiger partial charge in [0.1, 0.15) is 11.6 Å². The number of hydrogen-bond donors (Lipinski definition) is 1. The predicted octanol–water partition coefficient (Wildman–Crippen LogP) is 4.35. The van der Waals surface area contributed by atoms with Gasteiger partial charge in [0, 0.05) is 17.0 Å². The number of furan rings is 1. The van der Waals surface area contributed by atoms with E-state index >= 15 is 0 Å². The molecule has 0 atom stereocenters. The molecule has 0 saturated heterocycles. The van der Waals surface area contributed by atoms with Crippen molar-refractivity contribution in [3.63, 3.8) is 0 Å². The van der Waals surface area contributed by atoms with Crippen LogP contribution in [0.2, 0.25) is 5.02 Å². The summed E-state index contributed by atoms with van der Waals surface area (Å²) in [6.07, 6.45) is 4.82. The zero-order valence-corrected chi connectivity index (χ0v) is 11.3. The van der Waals surface area contributed by atoms with Gasteiger partial charge in [0.05, 0.1) is 11.6 Å². The Morgan fingerprint density at radius 2 is 2.05 bits per heavy atom. The van der Waals surface area contributed by atoms with Crippen LogP contribution in [0.25, 0.3) is 11.0 Å². The van der Waals surface area contributed by atoms with Gasteiger partial charge < -0.3 is 9.73 Å². The Balaban J connectivity index is 1.81. The molecule has 0 unspecified atom stereocenters. The van der Waals surface area contributed by atoms with E-state index in [0.29, 0.717) is 22.6 Å². The Labute approximate surface area is 115 Å². The maximum atomic E-state index is 13.6. The number of hydrogen-bond acceptors (Lipinski definition) is 2. The zero-order valence-electron chi connectivity index (χ0n) is 10.5. The molecule has 1 aromatic carbocycles. The minimum absolute atomic E-state index is 0.290. The second kappa shape index (κ2) is 4.22. The summed E-state index contributed by atoms with van der Waals surface area (Å²) in [5, 5.41) is 4.69. The highest BCUT2D eigenvalue weighted by Crippen LogP contribution is 2.47. The maximum absolute atomic E-state index is 13.6. The van der Waals surface area contributed by atoms with Crippen molar-refractivity contribution < 1.29 is 8.81 Å². The Bertz CT molecular complexity index is 643. The van der Waals surface area contributed by atoms with E-state index in [1.165, 1.54) is 37.3 Å². The molecule has 2 aromatic rings. The van der Waals surface area contributed by atoms with E-state index in [4.69, 9.17) is 16.0 Å². The van der Waals surface area contributed by atoms with Crippen LogP contribution in [0.1, 0.15) is 42.9 Å². The molecule has 4 heteroatoms. The Hall–Kier alpha value is -1.06. The molecule has 1 heterocycles. The van der Waals surface area contributed by atoms with E-state index in [9.17, 15) is 4.39 Å². The normalized spacial score (nSPS) is 19.3. The monoisotopic (exact) mass is 279 g/mol. The average Bonchev–Trinajstić information content (AvgIpc) is 3.26. The van der Waals surface area contributed by atoms with Gasteiger partial charge in [0.15, 0.2) is 5.58 Å². The smallest absolute Gasteiger partial charge is 0.153 e. The fourth-order valence-corrected chi connectivity index (χ4v) is 2.91. The minimum atomic E-state index is -0.290. The fraction of sp³-hybridized carbons (Fsp3) is 0.467. The van der Waals surface area contributed by atoms with Crippen LogP contribution in [-0.4, -0.2) is 6.04 Å². The average molecular weight is 280 g/mol. The lowest BCUT2D eigenvalue weighted by Crippen LogP contribution is -2.15. The first kappa shape index (κ1) is 11.7. The molecule has 4 rings (SSSR count). The van der Waals surface area contributed by atoms with E-state index in [-0.39, 0.29) is 5.82 Å². The summed E-state index contributed by atoms with van der Waals surface area (Å²) in [6.45, 7) is 0.725. The fourth-order valence-electron chi connectivity index (χ4n) is 2.67. The molecule has 2 aliphatic rings. The van der Waals surface area contributed by atoms with Gasteiger partial charge in [-0.1, -0.05) is 11.6 Å². The molecule has 1 N–H and O–H groups in total. The van der Waals surface area contributed by atoms with E-state index in [1.807, 2.05) is 0 Å². The number of benzene rings is 1. The first-order valence-electron chi connectivity index (χ1n) is 6.86. The molecular weight excluding hydrogens is 265 g/mol. The van der Waals surface area contributed by atoms with Gasteiger partial charge in [-0.25, -0.2) is 4.39 Å². The van der Waals surface area contributed by atoms with E-state index in [0.717, 1.165) is 17.7 Å². The number of rotatable bonds is 4. The lowest BCUT2D eigenvalue weighted by Gasteiger charge is -2.02. The third kappa shape index (κ3) is 2.15. The van der Waals surface area contributed by atoms with Crippen LogP contribution in [0.5, 0.6) is 0 Å². The number of fused-ring (bicyclic) bond motifs is 1. The Kier molecular flexibility index (Phi) is 2.61. The first-order valence-corrected chi connectivity index (χ1v) is 7.24. The van der Waals surface area contributed by atoms with Crippen LogP contribution >= 0.6 is 11.6 Å². The summed E-state index contributed by atoms with van der Waals surface area (Å²) in [5.41, 5.74) is 1.81. The van der Waals surface area contributed by atoms with Crippen LogP contribution in [0.3, 0.4) is 0 Å². The van der Waals surface area contributed by atoms with Gasteiger partial charge >= 0.3 is 0 Å². The van der Waals surface area contributed by atoms with Crippen LogP contribution in [0.15, 0.2) is 16.5 Å². The standard InChI is InChI=1S/C15H15ClFNO/c16-12-6-9(17)5-11-14(8-1-2-8)13(19-15(11)12)7-18-10-3-4-10/h5-6,8,10,18H,1-4,7H2. The Morgan fingerprint density at radius 3 is 2.74 bits per heavy atom. The second-order valence-electron chi connectivity index (χ2n) is 5.63. The highest BCUT2D eigenvalue weighted by atomic mass is 35.5. The van der Waals surface area contributed by atoms with Crippen LogP contribution in [-0.2, 0) is 6.54 Å². The third-order valence-electron chi connectivity index (χ3n) is 3.94. The van der Waals surface area contributed by atoms with Gasteiger partial charge in [-0.05, 0) is 43.7 Å². The van der Waals surface area contributed by atoms with Gasteiger partial charge in [-0.2, -0.15) is 0 Å². The van der Waals surface area contributed by atoms with Gasteiger partial charge in [-0.3, -0.25) is 0 Å². The molecule has 2 nitrogen and oxygen atoms in total. The SMILES string of the molecule is Fc1cc(Cl)c2oc(CNC3CC3)c(C3CC3)c2c1. The van der Waals surface area contributed by atoms with E-state index in [2.05, 4.69) is 5.32 Å². The molecule has 2 aliphatic carbocycles. The molecule has 2 fully saturated rings. The van der Waals surface area contributed by atoms with Crippen LogP contribution < -0.4 is 5.32 Å². The largest absolute Gasteiger partial charge is 0.458 e. The molecule has 0 aliphatic heterocycles. The number of halogens is 2. The molecule has 2 saturated carbocycles. The molecule has 0 bridgehead atoms. The number of nitrogens with one attached hydrogen (secondary N) is 1. The van der Waals surface area contributed by atoms with E-state index in [1.54, 1.807) is 6.07 Å². The highest BCUT2D eigenvalue weighted by molar-refractivity contribution is 6.35. The Morgan fingerprint density at radius 1 is 1.26 bits per heavy atom. The molecule has 100 valence electrons. The lowest BCUT2D eigenvalue weighted by atomic mass is 10.1. The topological polar surface area (TPSA) is 25.2 Å². The minimum Gasteiger partial charge on any atom is -0.458 e. The van der Waals surface area contributed by atoms with Crippen molar-refractivity contribution in [2.75, 3.05) is 0 Å². The molecule has 0 amide bonds. The molecule has 0 spiro atoms. The predicted molar refractivity (Wildman–Crippen MR) is 73.0 cm³/mol. The van der Waals surface area contributed by atoms with Gasteiger partial charge in [0.25, 0.3) is 0 Å². The summed E-state index contributed by atoms with van der Waals surface area (Å²) >= 11 is 6.09. The first-order chi connectivity index (χ1) is 9.22. The van der Waals surface area contributed by atoms with Gasteiger partial charge in [-0.15, -0.1) is 0 Å². The van der Waals surface area contributed by atoms with Crippen molar-refractivity contribution in [2.45, 2.75) is 44.2 Å². The summed E-state index contributed by atoms with van der Waals surface area (Å²) in [7, 11) is 0. The van der Waals surface area contributed by atoms with E-state index < -0.39 is 0 Å². The summed E-state index contributed by atoms with van der Waals surface area (Å²) < 4.78 is 19.5. The second-order valence-corrected chi connectivity index (χ2v) is 6.04. The van der Waals surface area contributed by atoms with Crippen molar-refractivity contribution in [3.8, 4) is 0 Å². The highest BCUT2D eigenvalue weighted by Gasteiger charge is 2.32. The van der Waals surface area contributed by atoms with Crippen molar-refractivity contribution in [1.82, 2.24) is 5.32 Å². The van der Waals surface area contributed by atoms with Crippen molar-refractivity contribution in [2.24, 2.45) is 0 Å². The van der Waals surface area contributed by atoms with Crippen LogP contribution in [0.4, 0.5) is 4.39 Å². The van der Waals surface area contributed by atoms with Crippen molar-refractivity contribution >= 4 is 22.6 Å². The molecular formula is C15H15ClFNO. The summed E-state index contributed by atoms with van der Waals surface area (Å²) in [5.74, 6) is 1.17. The maximum Gasteiger partial charge on any atom is 0.153 e. The molecule has 1 aromatic heterocycles. The quantitative estimate of drug-likeness (QED) is 0.900. The van der Waals surface area contributed by atoms with Crippen molar-refractivity contribution in [1.29, 1.82) is 0 Å². The van der Waals surface area contributed by atoms with Gasteiger partial charge in [0.2, 0.25) is 0 Å². The third-order valence-corrected chi connectivity index (χ3v) is 4.22. The summed E-state index contributed by atoms with van der Waals surface area (Å²) in [4.78, 5) is 0. The van der Waals surface area contributed by atoms with Crippen LogP contribution in [0, 0.1) is 5.82 Å². The zero-order chi connectivity index (χ0) is 13.0. The molecule has 19 heavy (non-hydrogen) atoms. The molecule has 0 radical (unpaired) electrons. The van der Waals surface area contributed by atoms with Crippen molar-refractivity contribution in [3.05, 3.63) is 34.3 Å². The summed E-state index contributed by atoms with van der Waals surface area (Å²) in [6, 6.07) is 3.51.